The maximum absolute atomic E-state index is 5.34. The first-order chi connectivity index (χ1) is 6.31. The molecule has 1 aromatic carbocycles. The Morgan fingerprint density at radius 3 is 2.93 bits per heavy atom. The molecule has 1 aromatic rings. The highest BCUT2D eigenvalue weighted by molar-refractivity contribution is 9.10. The number of rotatable bonds is 1. The van der Waals surface area contributed by atoms with Gasteiger partial charge in [0.1, 0.15) is 5.75 Å². The Morgan fingerprint density at radius 2 is 2.21 bits per heavy atom. The zero-order valence-electron chi connectivity index (χ0n) is 7.97. The molecule has 0 aromatic heterocycles. The highest BCUT2D eigenvalue weighted by atomic mass is 79.9. The topological polar surface area (TPSA) is 21.3 Å². The van der Waals surface area contributed by atoms with Crippen LogP contribution in [0.3, 0.4) is 0 Å². The molecule has 2 rings (SSSR count). The molecule has 1 heterocycles. The zero-order chi connectivity index (χ0) is 9.26. The number of hydrogen-bond donors (Lipinski definition) is 1. The third-order valence-electron chi connectivity index (χ3n) is 2.35. The van der Waals surface area contributed by atoms with Crippen LogP contribution in [-0.4, -0.2) is 13.7 Å². The van der Waals surface area contributed by atoms with E-state index in [0.717, 1.165) is 29.7 Å². The summed E-state index contributed by atoms with van der Waals surface area (Å²) in [6.45, 7) is 2.00. The minimum atomic E-state index is 0. The molecule has 78 valence electrons. The lowest BCUT2D eigenvalue weighted by Gasteiger charge is -2.19. The van der Waals surface area contributed by atoms with Crippen LogP contribution in [0.4, 0.5) is 0 Å². The van der Waals surface area contributed by atoms with Gasteiger partial charge in [0.2, 0.25) is 0 Å². The van der Waals surface area contributed by atoms with Crippen molar-refractivity contribution in [2.75, 3.05) is 13.7 Å². The third-order valence-corrected chi connectivity index (χ3v) is 2.81. The van der Waals surface area contributed by atoms with Crippen LogP contribution in [0.1, 0.15) is 11.1 Å². The van der Waals surface area contributed by atoms with Gasteiger partial charge in [-0.15, -0.1) is 12.4 Å². The van der Waals surface area contributed by atoms with Crippen LogP contribution < -0.4 is 10.1 Å². The number of nitrogens with one attached hydrogen (secondary N) is 1. The molecule has 1 aliphatic rings. The smallest absolute Gasteiger partial charge is 0.123 e. The van der Waals surface area contributed by atoms with E-state index < -0.39 is 0 Å². The number of hydrogen-bond acceptors (Lipinski definition) is 2. The van der Waals surface area contributed by atoms with Crippen LogP contribution in [0, 0.1) is 0 Å². The minimum Gasteiger partial charge on any atom is -0.496 e. The molecule has 1 aliphatic heterocycles. The number of benzene rings is 1. The Kier molecular flexibility index (Phi) is 4.23. The fourth-order valence-corrected chi connectivity index (χ4v) is 2.21. The highest BCUT2D eigenvalue weighted by Gasteiger charge is 2.13. The molecule has 4 heteroatoms. The van der Waals surface area contributed by atoms with Gasteiger partial charge in [-0.05, 0) is 36.2 Å². The second kappa shape index (κ2) is 5.01. The molecular weight excluding hydrogens is 265 g/mol. The summed E-state index contributed by atoms with van der Waals surface area (Å²) in [4.78, 5) is 0. The molecule has 14 heavy (non-hydrogen) atoms. The molecule has 0 atom stereocenters. The molecule has 0 saturated heterocycles. The Bertz CT molecular complexity index is 313. The molecule has 0 saturated carbocycles. The van der Waals surface area contributed by atoms with Gasteiger partial charge in [-0.3, -0.25) is 0 Å². The molecule has 0 fully saturated rings. The Balaban J connectivity index is 0.000000980. The van der Waals surface area contributed by atoms with Crippen LogP contribution in [0.15, 0.2) is 16.6 Å². The SMILES string of the molecule is COc1cc(Br)cc2c1CCNC2.Cl. The van der Waals surface area contributed by atoms with E-state index in [4.69, 9.17) is 4.74 Å². The van der Waals surface area contributed by atoms with Crippen molar-refractivity contribution in [1.29, 1.82) is 0 Å². The van der Waals surface area contributed by atoms with Crippen molar-refractivity contribution in [2.45, 2.75) is 13.0 Å². The van der Waals surface area contributed by atoms with E-state index in [9.17, 15) is 0 Å². The van der Waals surface area contributed by atoms with E-state index in [1.807, 2.05) is 6.07 Å². The van der Waals surface area contributed by atoms with Crippen molar-refractivity contribution in [3.63, 3.8) is 0 Å². The summed E-state index contributed by atoms with van der Waals surface area (Å²) >= 11 is 3.47. The summed E-state index contributed by atoms with van der Waals surface area (Å²) < 4.78 is 6.43. The zero-order valence-corrected chi connectivity index (χ0v) is 10.4. The highest BCUT2D eigenvalue weighted by Crippen LogP contribution is 2.29. The second-order valence-corrected chi connectivity index (χ2v) is 4.09. The summed E-state index contributed by atoms with van der Waals surface area (Å²) in [6, 6.07) is 4.19. The van der Waals surface area contributed by atoms with Crippen LogP contribution in [-0.2, 0) is 13.0 Å². The van der Waals surface area contributed by atoms with Crippen LogP contribution in [0.5, 0.6) is 5.75 Å². The molecule has 0 unspecified atom stereocenters. The number of ether oxygens (including phenoxy) is 1. The lowest BCUT2D eigenvalue weighted by Crippen LogP contribution is -2.24. The fraction of sp³-hybridized carbons (Fsp3) is 0.400. The van der Waals surface area contributed by atoms with Gasteiger partial charge in [0.25, 0.3) is 0 Å². The Morgan fingerprint density at radius 1 is 1.43 bits per heavy atom. The Hall–Kier alpha value is -0.250. The monoisotopic (exact) mass is 277 g/mol. The summed E-state index contributed by atoms with van der Waals surface area (Å²) in [7, 11) is 1.73. The minimum absolute atomic E-state index is 0. The normalized spacial score (nSPS) is 14.1. The van der Waals surface area contributed by atoms with E-state index in [1.165, 1.54) is 11.1 Å². The van der Waals surface area contributed by atoms with Gasteiger partial charge >= 0.3 is 0 Å². The first-order valence-electron chi connectivity index (χ1n) is 4.37. The average Bonchev–Trinajstić information content (AvgIpc) is 2.16. The van der Waals surface area contributed by atoms with E-state index in [-0.39, 0.29) is 12.4 Å². The lowest BCUT2D eigenvalue weighted by atomic mass is 10.0. The fourth-order valence-electron chi connectivity index (χ4n) is 1.73. The van der Waals surface area contributed by atoms with Crippen molar-refractivity contribution < 1.29 is 4.74 Å². The number of fused-ring (bicyclic) bond motifs is 1. The summed E-state index contributed by atoms with van der Waals surface area (Å²) in [5, 5.41) is 3.34. The summed E-state index contributed by atoms with van der Waals surface area (Å²) in [5.41, 5.74) is 2.70. The molecule has 2 nitrogen and oxygen atoms in total. The van der Waals surface area contributed by atoms with Crippen molar-refractivity contribution in [3.8, 4) is 5.75 Å². The van der Waals surface area contributed by atoms with Crippen molar-refractivity contribution in [1.82, 2.24) is 5.32 Å². The number of halogens is 2. The molecule has 0 spiro atoms. The van der Waals surface area contributed by atoms with Crippen LogP contribution in [0.2, 0.25) is 0 Å². The maximum atomic E-state index is 5.34. The van der Waals surface area contributed by atoms with Crippen molar-refractivity contribution >= 4 is 28.3 Å². The van der Waals surface area contributed by atoms with Gasteiger partial charge in [0.05, 0.1) is 7.11 Å². The van der Waals surface area contributed by atoms with E-state index >= 15 is 0 Å². The Labute approximate surface area is 98.6 Å². The largest absolute Gasteiger partial charge is 0.496 e. The van der Waals surface area contributed by atoms with Gasteiger partial charge < -0.3 is 10.1 Å². The van der Waals surface area contributed by atoms with Crippen molar-refractivity contribution in [2.24, 2.45) is 0 Å². The lowest BCUT2D eigenvalue weighted by molar-refractivity contribution is 0.405. The molecule has 0 aliphatic carbocycles. The van der Waals surface area contributed by atoms with Crippen LogP contribution >= 0.6 is 28.3 Å². The van der Waals surface area contributed by atoms with Gasteiger partial charge in [0, 0.05) is 11.0 Å². The molecule has 0 radical (unpaired) electrons. The first-order valence-corrected chi connectivity index (χ1v) is 5.16. The van der Waals surface area contributed by atoms with Gasteiger partial charge in [0.15, 0.2) is 0 Å². The second-order valence-electron chi connectivity index (χ2n) is 3.17. The van der Waals surface area contributed by atoms with E-state index in [1.54, 1.807) is 7.11 Å². The predicted octanol–water partition coefficient (Wildman–Crippen LogP) is 2.53. The average molecular weight is 279 g/mol. The van der Waals surface area contributed by atoms with Gasteiger partial charge in [-0.2, -0.15) is 0 Å². The standard InChI is InChI=1S/C10H12BrNO.ClH/c1-13-10-5-8(11)4-7-6-12-3-2-9(7)10;/h4-5,12H,2-3,6H2,1H3;1H. The van der Waals surface area contributed by atoms with Gasteiger partial charge in [-0.25, -0.2) is 0 Å². The van der Waals surface area contributed by atoms with E-state index in [2.05, 4.69) is 27.3 Å². The van der Waals surface area contributed by atoms with Gasteiger partial charge in [-0.1, -0.05) is 15.9 Å². The quantitative estimate of drug-likeness (QED) is 0.852. The van der Waals surface area contributed by atoms with E-state index in [0.29, 0.717) is 0 Å². The molecule has 1 N–H and O–H groups in total. The first kappa shape index (κ1) is 11.8. The third kappa shape index (κ3) is 2.22. The van der Waals surface area contributed by atoms with Crippen LogP contribution in [0.25, 0.3) is 0 Å². The predicted molar refractivity (Wildman–Crippen MR) is 63.4 cm³/mol. The molecule has 0 amide bonds. The molecular formula is C10H13BrClNO. The summed E-state index contributed by atoms with van der Waals surface area (Å²) in [6.07, 6.45) is 1.06. The maximum Gasteiger partial charge on any atom is 0.123 e. The number of methoxy groups -OCH3 is 1. The summed E-state index contributed by atoms with van der Waals surface area (Å²) in [5.74, 6) is 1.01. The molecule has 0 bridgehead atoms. The van der Waals surface area contributed by atoms with Crippen molar-refractivity contribution in [3.05, 3.63) is 27.7 Å².